The number of ketones is 1. The molecule has 1 heterocycles. The van der Waals surface area contributed by atoms with Gasteiger partial charge in [-0.2, -0.15) is 11.8 Å². The summed E-state index contributed by atoms with van der Waals surface area (Å²) in [6, 6.07) is 0. The summed E-state index contributed by atoms with van der Waals surface area (Å²) in [5.41, 5.74) is 0. The molecule has 2 N–H and O–H groups in total. The number of hydrogen-bond acceptors (Lipinski definition) is 9. The van der Waals surface area contributed by atoms with Gasteiger partial charge in [-0.15, -0.1) is 6.58 Å². The van der Waals surface area contributed by atoms with E-state index in [1.54, 1.807) is 24.8 Å². The molecule has 42 heavy (non-hydrogen) atoms. The van der Waals surface area contributed by atoms with Crippen LogP contribution in [0.2, 0.25) is 0 Å². The van der Waals surface area contributed by atoms with Crippen LogP contribution in [0, 0.1) is 37.0 Å². The van der Waals surface area contributed by atoms with Crippen LogP contribution >= 0.6 is 11.8 Å². The van der Waals surface area contributed by atoms with Crippen molar-refractivity contribution in [3.8, 4) is 0 Å². The van der Waals surface area contributed by atoms with E-state index in [1.807, 2.05) is 20.8 Å². The van der Waals surface area contributed by atoms with E-state index in [9.17, 15) is 9.59 Å². The summed E-state index contributed by atoms with van der Waals surface area (Å²) in [7, 11) is 0. The summed E-state index contributed by atoms with van der Waals surface area (Å²) in [5, 5.41) is 17.4. The van der Waals surface area contributed by atoms with Crippen molar-refractivity contribution < 1.29 is 55.7 Å². The molecule has 0 aromatic carbocycles. The van der Waals surface area contributed by atoms with Gasteiger partial charge in [-0.05, 0) is 71.5 Å². The van der Waals surface area contributed by atoms with Gasteiger partial charge in [0.1, 0.15) is 12.4 Å². The van der Waals surface area contributed by atoms with E-state index in [1.165, 1.54) is 78.0 Å². The molecule has 0 aromatic rings. The van der Waals surface area contributed by atoms with Crippen molar-refractivity contribution >= 4 is 23.5 Å². The SMILES string of the molecule is C=CC.CCC(C)=O.CCCCN1CCN(CCCN(CCC)CCCO)CC1.CCSCC(C)C(=O)OCCO.[U]. The van der Waals surface area contributed by atoms with Crippen LogP contribution in [0.25, 0.3) is 0 Å². The molecule has 0 aliphatic carbocycles. The van der Waals surface area contributed by atoms with Gasteiger partial charge in [-0.3, -0.25) is 4.79 Å². The van der Waals surface area contributed by atoms with Gasteiger partial charge in [0.25, 0.3) is 0 Å². The standard InChI is InChI=1S/C17H37N3O.C8H16O3S.C4H8O.C3H6.U/c1-3-5-9-19-13-15-20(16-14-19)11-6-10-18(8-4-2)12-7-17-21;1-3-12-6-7(2)8(10)11-5-4-9;1-3-4(2)5;1-3-2;/h21H,3-17H2,1-2H3;7,9H,3-6H2,1-2H3;3H2,1-2H3;3H,1H2,2H3;. The molecule has 250 valence electrons. The third kappa shape index (κ3) is 36.3. The minimum atomic E-state index is -0.218. The summed E-state index contributed by atoms with van der Waals surface area (Å²) < 4.78 is 4.75. The number of carbonyl (C=O) groups is 2. The molecule has 0 aromatic heterocycles. The van der Waals surface area contributed by atoms with E-state index in [0.29, 0.717) is 13.0 Å². The third-order valence-electron chi connectivity index (χ3n) is 6.22. The van der Waals surface area contributed by atoms with Crippen LogP contribution in [0.4, 0.5) is 0 Å². The summed E-state index contributed by atoms with van der Waals surface area (Å²) in [6.45, 7) is 28.3. The summed E-state index contributed by atoms with van der Waals surface area (Å²) >= 11 is 1.71. The maximum atomic E-state index is 11.1. The van der Waals surface area contributed by atoms with Crippen molar-refractivity contribution in [2.24, 2.45) is 5.92 Å². The van der Waals surface area contributed by atoms with Crippen LogP contribution in [-0.4, -0.2) is 127 Å². The van der Waals surface area contributed by atoms with E-state index >= 15 is 0 Å². The van der Waals surface area contributed by atoms with Gasteiger partial charge in [0.05, 0.1) is 12.5 Å². The number of thioether (sulfide) groups is 1. The first-order chi connectivity index (χ1) is 19.7. The number of carbonyl (C=O) groups excluding carboxylic acids is 2. The number of piperazine rings is 1. The van der Waals surface area contributed by atoms with Crippen molar-refractivity contribution in [2.45, 2.75) is 87.0 Å². The van der Waals surface area contributed by atoms with Crippen molar-refractivity contribution in [1.82, 2.24) is 14.7 Å². The third-order valence-corrected chi connectivity index (χ3v) is 7.37. The minimum Gasteiger partial charge on any atom is -0.463 e. The normalized spacial score (nSPS) is 13.7. The van der Waals surface area contributed by atoms with Crippen LogP contribution < -0.4 is 0 Å². The molecule has 1 saturated heterocycles. The Bertz CT molecular complexity index is 582. The fourth-order valence-corrected chi connectivity index (χ4v) is 4.46. The maximum Gasteiger partial charge on any atom is 0.309 e. The molecule has 1 aliphatic heterocycles. The number of nitrogens with zero attached hydrogens (tertiary/aromatic N) is 3. The molecular weight excluding hydrogens is 776 g/mol. The van der Waals surface area contributed by atoms with E-state index in [-0.39, 0.29) is 62.0 Å². The van der Waals surface area contributed by atoms with Gasteiger partial charge >= 0.3 is 5.97 Å². The molecule has 0 bridgehead atoms. The Kier molecular flexibility index (Phi) is 45.6. The maximum absolute atomic E-state index is 11.1. The topological polar surface area (TPSA) is 93.6 Å². The number of rotatable bonds is 19. The monoisotopic (exact) mass is 844 g/mol. The fourth-order valence-electron chi connectivity index (χ4n) is 3.73. The van der Waals surface area contributed by atoms with E-state index in [0.717, 1.165) is 24.5 Å². The predicted molar refractivity (Wildman–Crippen MR) is 178 cm³/mol. The molecule has 0 radical (unpaired) electrons. The largest absolute Gasteiger partial charge is 0.463 e. The first kappa shape index (κ1) is 49.0. The average Bonchev–Trinajstić information content (AvgIpc) is 2.97. The number of aliphatic hydroxyl groups excluding tert-OH is 2. The quantitative estimate of drug-likeness (QED) is 0.138. The Labute approximate surface area is 288 Å². The van der Waals surface area contributed by atoms with Crippen molar-refractivity contribution in [1.29, 1.82) is 0 Å². The molecule has 10 heteroatoms. The minimum absolute atomic E-state index is 0. The molecule has 1 atom stereocenters. The molecular formula is C32H67N3O5SU. The Balaban J connectivity index is -0.000000290. The molecule has 1 unspecified atom stereocenters. The van der Waals surface area contributed by atoms with Crippen LogP contribution in [-0.2, 0) is 14.3 Å². The second kappa shape index (κ2) is 39.1. The fraction of sp³-hybridized carbons (Fsp3) is 0.875. The molecule has 0 spiro atoms. The van der Waals surface area contributed by atoms with Gasteiger partial charge in [0, 0.05) is 82.6 Å². The van der Waals surface area contributed by atoms with Crippen LogP contribution in [0.15, 0.2) is 12.7 Å². The number of hydrogen-bond donors (Lipinski definition) is 2. The zero-order valence-electron chi connectivity index (χ0n) is 28.4. The van der Waals surface area contributed by atoms with Gasteiger partial charge in [-0.1, -0.05) is 47.1 Å². The van der Waals surface area contributed by atoms with E-state index < -0.39 is 0 Å². The second-order valence-electron chi connectivity index (χ2n) is 10.2. The first-order valence-corrected chi connectivity index (χ1v) is 17.1. The first-order valence-electron chi connectivity index (χ1n) is 15.9. The molecule has 8 nitrogen and oxygen atoms in total. The van der Waals surface area contributed by atoms with Crippen molar-refractivity contribution in [3.63, 3.8) is 0 Å². The summed E-state index contributed by atoms with van der Waals surface area (Å²) in [6.07, 6.45) is 8.45. The smallest absolute Gasteiger partial charge is 0.309 e. The van der Waals surface area contributed by atoms with Crippen molar-refractivity contribution in [3.05, 3.63) is 12.7 Å². The second-order valence-corrected chi connectivity index (χ2v) is 11.5. The number of Topliss-reactive ketones (excluding diaryl/α,β-unsaturated/α-hetero) is 1. The molecule has 0 amide bonds. The van der Waals surface area contributed by atoms with Gasteiger partial charge in [0.2, 0.25) is 0 Å². The van der Waals surface area contributed by atoms with Gasteiger partial charge in [-0.25, -0.2) is 0 Å². The zero-order chi connectivity index (χ0) is 31.7. The van der Waals surface area contributed by atoms with Gasteiger partial charge in [0.15, 0.2) is 0 Å². The molecule has 1 fully saturated rings. The Morgan fingerprint density at radius 3 is 1.83 bits per heavy atom. The van der Waals surface area contributed by atoms with Crippen LogP contribution in [0.1, 0.15) is 87.0 Å². The summed E-state index contributed by atoms with van der Waals surface area (Å²) in [4.78, 5) is 28.6. The van der Waals surface area contributed by atoms with Crippen LogP contribution in [0.5, 0.6) is 0 Å². The van der Waals surface area contributed by atoms with E-state index in [2.05, 4.69) is 42.0 Å². The molecule has 0 saturated carbocycles. The predicted octanol–water partition coefficient (Wildman–Crippen LogP) is 4.98. The zero-order valence-corrected chi connectivity index (χ0v) is 33.4. The number of ether oxygens (including phenoxy) is 1. The van der Waals surface area contributed by atoms with Crippen molar-refractivity contribution in [2.75, 3.05) is 90.2 Å². The number of aliphatic hydroxyl groups is 2. The number of unbranched alkanes of at least 4 members (excludes halogenated alkanes) is 1. The molecule has 1 rings (SSSR count). The average molecular weight is 844 g/mol. The summed E-state index contributed by atoms with van der Waals surface area (Å²) in [5.74, 6) is 1.77. The molecule has 1 aliphatic rings. The Morgan fingerprint density at radius 2 is 1.43 bits per heavy atom. The van der Waals surface area contributed by atoms with Gasteiger partial charge < -0.3 is 34.4 Å². The Morgan fingerprint density at radius 1 is 0.929 bits per heavy atom. The number of allylic oxidation sites excluding steroid dienone is 1. The van der Waals surface area contributed by atoms with E-state index in [4.69, 9.17) is 14.9 Å². The van der Waals surface area contributed by atoms with Crippen LogP contribution in [0.3, 0.4) is 0 Å². The Hall–Kier alpha value is 0.0819. The number of esters is 1.